The molecule has 7 heteroatoms. The largest absolute Gasteiger partial charge is 0.374 e. The van der Waals surface area contributed by atoms with E-state index in [1.807, 2.05) is 0 Å². The highest BCUT2D eigenvalue weighted by Gasteiger charge is 2.17. The first-order valence-corrected chi connectivity index (χ1v) is 8.12. The fourth-order valence-electron chi connectivity index (χ4n) is 1.82. The lowest BCUT2D eigenvalue weighted by Gasteiger charge is -2.23. The second-order valence-electron chi connectivity index (χ2n) is 4.43. The summed E-state index contributed by atoms with van der Waals surface area (Å²) < 4.78 is 31.8. The van der Waals surface area contributed by atoms with Crippen molar-refractivity contribution in [1.82, 2.24) is 10.0 Å². The molecule has 0 aliphatic carbocycles. The number of hydrogen-bond acceptors (Lipinski definition) is 4. The van der Waals surface area contributed by atoms with Gasteiger partial charge in [-0.05, 0) is 17.7 Å². The summed E-state index contributed by atoms with van der Waals surface area (Å²) in [5.74, 6) is -0.0513. The second-order valence-corrected chi connectivity index (χ2v) is 6.67. The second kappa shape index (κ2) is 6.67. The first kappa shape index (κ1) is 14.7. The Bertz CT molecular complexity index is 498. The molecule has 0 bridgehead atoms. The molecule has 0 amide bonds. The number of hydrogen-bond donors (Lipinski definition) is 2. The number of nitrogens with one attached hydrogen (secondary N) is 2. The molecule has 0 spiro atoms. The van der Waals surface area contributed by atoms with Crippen LogP contribution in [0.1, 0.15) is 5.56 Å². The smallest absolute Gasteiger partial charge is 0.215 e. The van der Waals surface area contributed by atoms with Crippen LogP contribution in [0.4, 0.5) is 0 Å². The van der Waals surface area contributed by atoms with Gasteiger partial charge in [0.05, 0.1) is 18.5 Å². The molecule has 1 saturated heterocycles. The molecule has 106 valence electrons. The van der Waals surface area contributed by atoms with Crippen molar-refractivity contribution in [3.63, 3.8) is 0 Å². The van der Waals surface area contributed by atoms with E-state index in [2.05, 4.69) is 10.0 Å². The van der Waals surface area contributed by atoms with E-state index in [0.717, 1.165) is 6.54 Å². The van der Waals surface area contributed by atoms with Crippen LogP contribution in [0, 0.1) is 0 Å². The average molecular weight is 305 g/mol. The van der Waals surface area contributed by atoms with Crippen LogP contribution in [0.25, 0.3) is 0 Å². The van der Waals surface area contributed by atoms with Crippen LogP contribution in [0.3, 0.4) is 0 Å². The van der Waals surface area contributed by atoms with Gasteiger partial charge in [0.1, 0.15) is 0 Å². The van der Waals surface area contributed by atoms with Crippen LogP contribution in [0.2, 0.25) is 5.02 Å². The molecule has 2 rings (SSSR count). The lowest BCUT2D eigenvalue weighted by Crippen LogP contribution is -2.45. The monoisotopic (exact) mass is 304 g/mol. The SMILES string of the molecule is O=S(=O)(Cc1ccc(Cl)cc1)NC[C@@H]1CNCCO1. The first-order chi connectivity index (χ1) is 9.05. The topological polar surface area (TPSA) is 67.4 Å². The third-order valence-electron chi connectivity index (χ3n) is 2.81. The minimum absolute atomic E-state index is 0.0513. The fraction of sp³-hybridized carbons (Fsp3) is 0.500. The first-order valence-electron chi connectivity index (χ1n) is 6.09. The molecule has 0 radical (unpaired) electrons. The number of ether oxygens (including phenoxy) is 1. The van der Waals surface area contributed by atoms with Crippen molar-refractivity contribution in [3.05, 3.63) is 34.9 Å². The molecule has 5 nitrogen and oxygen atoms in total. The Balaban J connectivity index is 1.85. The Morgan fingerprint density at radius 1 is 1.37 bits per heavy atom. The van der Waals surface area contributed by atoms with Crippen LogP contribution >= 0.6 is 11.6 Å². The van der Waals surface area contributed by atoms with E-state index < -0.39 is 10.0 Å². The maximum atomic E-state index is 11.9. The van der Waals surface area contributed by atoms with Crippen LogP contribution in [-0.4, -0.2) is 40.8 Å². The van der Waals surface area contributed by atoms with E-state index in [1.165, 1.54) is 0 Å². The lowest BCUT2D eigenvalue weighted by molar-refractivity contribution is 0.0324. The number of morpholine rings is 1. The standard InChI is InChI=1S/C12H17ClN2O3S/c13-11-3-1-10(2-4-11)9-19(16,17)15-8-12-7-14-5-6-18-12/h1-4,12,14-15H,5-9H2/t12-/m0/s1. The van der Waals surface area contributed by atoms with E-state index in [9.17, 15) is 8.42 Å². The van der Waals surface area contributed by atoms with Gasteiger partial charge in [-0.15, -0.1) is 0 Å². The highest BCUT2D eigenvalue weighted by atomic mass is 35.5. The summed E-state index contributed by atoms with van der Waals surface area (Å²) in [5.41, 5.74) is 0.708. The molecule has 19 heavy (non-hydrogen) atoms. The van der Waals surface area contributed by atoms with Gasteiger partial charge in [-0.1, -0.05) is 23.7 Å². The van der Waals surface area contributed by atoms with E-state index in [1.54, 1.807) is 24.3 Å². The summed E-state index contributed by atoms with van der Waals surface area (Å²) >= 11 is 5.76. The summed E-state index contributed by atoms with van der Waals surface area (Å²) in [6.45, 7) is 2.39. The van der Waals surface area contributed by atoms with Crippen LogP contribution in [0.15, 0.2) is 24.3 Å². The maximum Gasteiger partial charge on any atom is 0.215 e. The Morgan fingerprint density at radius 3 is 2.74 bits per heavy atom. The maximum absolute atomic E-state index is 11.9. The molecule has 1 heterocycles. The normalized spacial score (nSPS) is 20.4. The molecule has 1 aliphatic rings. The lowest BCUT2D eigenvalue weighted by atomic mass is 10.2. The van der Waals surface area contributed by atoms with Crippen molar-refractivity contribution >= 4 is 21.6 Å². The van der Waals surface area contributed by atoms with Gasteiger partial charge < -0.3 is 10.1 Å². The van der Waals surface area contributed by atoms with Crippen LogP contribution in [-0.2, 0) is 20.5 Å². The summed E-state index contributed by atoms with van der Waals surface area (Å²) in [4.78, 5) is 0. The number of rotatable bonds is 5. The molecule has 0 saturated carbocycles. The Labute approximate surface area is 118 Å². The van der Waals surface area contributed by atoms with Gasteiger partial charge in [0.25, 0.3) is 0 Å². The molecule has 1 aromatic carbocycles. The summed E-state index contributed by atoms with van der Waals surface area (Å²) in [7, 11) is -3.35. The van der Waals surface area contributed by atoms with Gasteiger partial charge in [-0.3, -0.25) is 0 Å². The zero-order valence-electron chi connectivity index (χ0n) is 10.4. The van der Waals surface area contributed by atoms with Gasteiger partial charge in [-0.25, -0.2) is 13.1 Å². The minimum atomic E-state index is -3.35. The van der Waals surface area contributed by atoms with E-state index >= 15 is 0 Å². The van der Waals surface area contributed by atoms with Crippen molar-refractivity contribution in [2.24, 2.45) is 0 Å². The fourth-order valence-corrected chi connectivity index (χ4v) is 3.12. The van der Waals surface area contributed by atoms with Gasteiger partial charge in [0.15, 0.2) is 0 Å². The number of sulfonamides is 1. The van der Waals surface area contributed by atoms with E-state index in [0.29, 0.717) is 30.3 Å². The quantitative estimate of drug-likeness (QED) is 0.842. The molecule has 2 N–H and O–H groups in total. The van der Waals surface area contributed by atoms with E-state index in [-0.39, 0.29) is 11.9 Å². The van der Waals surface area contributed by atoms with Gasteiger partial charge in [0.2, 0.25) is 10.0 Å². The Hall–Kier alpha value is -0.660. The molecule has 1 aromatic rings. The summed E-state index contributed by atoms with van der Waals surface area (Å²) in [6.07, 6.45) is -0.103. The molecule has 0 unspecified atom stereocenters. The van der Waals surface area contributed by atoms with Crippen LogP contribution in [0.5, 0.6) is 0 Å². The van der Waals surface area contributed by atoms with Crippen molar-refractivity contribution in [2.45, 2.75) is 11.9 Å². The summed E-state index contributed by atoms with van der Waals surface area (Å²) in [5, 5.41) is 3.75. The number of benzene rings is 1. The van der Waals surface area contributed by atoms with E-state index in [4.69, 9.17) is 16.3 Å². The molecule has 1 aliphatic heterocycles. The zero-order valence-corrected chi connectivity index (χ0v) is 12.0. The Morgan fingerprint density at radius 2 is 2.11 bits per heavy atom. The van der Waals surface area contributed by atoms with Gasteiger partial charge in [0, 0.05) is 24.7 Å². The minimum Gasteiger partial charge on any atom is -0.374 e. The molecular weight excluding hydrogens is 288 g/mol. The molecular formula is C12H17ClN2O3S. The third-order valence-corrected chi connectivity index (χ3v) is 4.38. The molecule has 0 aromatic heterocycles. The van der Waals surface area contributed by atoms with Crippen LogP contribution < -0.4 is 10.0 Å². The van der Waals surface area contributed by atoms with Crippen molar-refractivity contribution in [1.29, 1.82) is 0 Å². The molecule has 1 fully saturated rings. The van der Waals surface area contributed by atoms with Crippen molar-refractivity contribution < 1.29 is 13.2 Å². The zero-order chi connectivity index (χ0) is 13.7. The summed E-state index contributed by atoms with van der Waals surface area (Å²) in [6, 6.07) is 6.78. The van der Waals surface area contributed by atoms with Crippen molar-refractivity contribution in [2.75, 3.05) is 26.2 Å². The predicted octanol–water partition coefficient (Wildman–Crippen LogP) is 0.748. The molecule has 1 atom stereocenters. The third kappa shape index (κ3) is 5.08. The Kier molecular flexibility index (Phi) is 5.18. The average Bonchev–Trinajstić information content (AvgIpc) is 2.40. The van der Waals surface area contributed by atoms with Crippen molar-refractivity contribution in [3.8, 4) is 0 Å². The number of halogens is 1. The van der Waals surface area contributed by atoms with Gasteiger partial charge >= 0.3 is 0 Å². The van der Waals surface area contributed by atoms with Gasteiger partial charge in [-0.2, -0.15) is 0 Å². The highest BCUT2D eigenvalue weighted by molar-refractivity contribution is 7.88. The highest BCUT2D eigenvalue weighted by Crippen LogP contribution is 2.11. The predicted molar refractivity (Wildman–Crippen MR) is 74.7 cm³/mol.